The number of carbonyl (C=O) groups is 1. The van der Waals surface area contributed by atoms with Gasteiger partial charge < -0.3 is 9.88 Å². The Morgan fingerprint density at radius 1 is 1.32 bits per heavy atom. The lowest BCUT2D eigenvalue weighted by Crippen LogP contribution is -2.36. The molecular formula is C14H13N3O2. The molecular weight excluding hydrogens is 242 g/mol. The van der Waals surface area contributed by atoms with E-state index in [1.165, 1.54) is 12.4 Å². The molecule has 19 heavy (non-hydrogen) atoms. The van der Waals surface area contributed by atoms with E-state index in [4.69, 9.17) is 0 Å². The Bertz CT molecular complexity index is 678. The van der Waals surface area contributed by atoms with Crippen molar-refractivity contribution in [2.45, 2.75) is 12.8 Å². The Morgan fingerprint density at radius 2 is 2.16 bits per heavy atom. The fourth-order valence-electron chi connectivity index (χ4n) is 2.37. The van der Waals surface area contributed by atoms with E-state index in [9.17, 15) is 9.59 Å². The summed E-state index contributed by atoms with van der Waals surface area (Å²) >= 11 is 0. The van der Waals surface area contributed by atoms with Crippen molar-refractivity contribution in [3.8, 4) is 0 Å². The maximum absolute atomic E-state index is 12.4. The number of nitrogens with zero attached hydrogens (tertiary/aromatic N) is 2. The van der Waals surface area contributed by atoms with Crippen molar-refractivity contribution >= 4 is 11.6 Å². The van der Waals surface area contributed by atoms with Crippen LogP contribution in [0.15, 0.2) is 41.5 Å². The predicted molar refractivity (Wildman–Crippen MR) is 71.3 cm³/mol. The van der Waals surface area contributed by atoms with Crippen molar-refractivity contribution in [3.63, 3.8) is 0 Å². The van der Waals surface area contributed by atoms with Crippen LogP contribution in [0.1, 0.15) is 22.5 Å². The van der Waals surface area contributed by atoms with Gasteiger partial charge in [0.25, 0.3) is 11.5 Å². The molecule has 1 aliphatic heterocycles. The summed E-state index contributed by atoms with van der Waals surface area (Å²) in [5.74, 6) is -0.224. The Balaban J connectivity index is 2.00. The zero-order valence-corrected chi connectivity index (χ0v) is 10.3. The van der Waals surface area contributed by atoms with Crippen LogP contribution in [0.4, 0.5) is 5.69 Å². The van der Waals surface area contributed by atoms with Crippen molar-refractivity contribution in [3.05, 3.63) is 58.3 Å². The number of aromatic amines is 1. The molecule has 2 heterocycles. The minimum Gasteiger partial charge on any atom is -0.313 e. The number of aromatic nitrogens is 2. The summed E-state index contributed by atoms with van der Waals surface area (Å²) in [6, 6.07) is 9.08. The highest BCUT2D eigenvalue weighted by Gasteiger charge is 2.24. The minimum atomic E-state index is -0.316. The van der Waals surface area contributed by atoms with E-state index < -0.39 is 0 Å². The van der Waals surface area contributed by atoms with E-state index >= 15 is 0 Å². The number of carbonyl (C=O) groups excluding carboxylic acids is 1. The number of anilines is 1. The molecule has 0 fully saturated rings. The number of fused-ring (bicyclic) bond motifs is 1. The minimum absolute atomic E-state index is 0.181. The third-order valence-corrected chi connectivity index (χ3v) is 3.25. The Kier molecular flexibility index (Phi) is 2.87. The molecule has 5 nitrogen and oxygen atoms in total. The highest BCUT2D eigenvalue weighted by atomic mass is 16.2. The van der Waals surface area contributed by atoms with Crippen molar-refractivity contribution in [2.75, 3.05) is 11.4 Å². The first kappa shape index (κ1) is 11.6. The van der Waals surface area contributed by atoms with Crippen LogP contribution < -0.4 is 10.5 Å². The summed E-state index contributed by atoms with van der Waals surface area (Å²) in [5.41, 5.74) is 1.94. The summed E-state index contributed by atoms with van der Waals surface area (Å²) < 4.78 is 0. The van der Waals surface area contributed by atoms with E-state index in [1.807, 2.05) is 24.3 Å². The second-order valence-electron chi connectivity index (χ2n) is 4.49. The summed E-state index contributed by atoms with van der Waals surface area (Å²) in [5, 5.41) is 0. The normalized spacial score (nSPS) is 14.0. The van der Waals surface area contributed by atoms with Crippen LogP contribution in [-0.4, -0.2) is 22.4 Å². The molecule has 0 atom stereocenters. The largest absolute Gasteiger partial charge is 0.313 e. The van der Waals surface area contributed by atoms with Gasteiger partial charge in [0.1, 0.15) is 5.69 Å². The third kappa shape index (κ3) is 2.14. The van der Waals surface area contributed by atoms with Crippen molar-refractivity contribution in [1.82, 2.24) is 9.97 Å². The highest BCUT2D eigenvalue weighted by Crippen LogP contribution is 2.27. The molecule has 0 radical (unpaired) electrons. The molecule has 1 aliphatic rings. The van der Waals surface area contributed by atoms with Gasteiger partial charge in [-0.2, -0.15) is 0 Å². The molecule has 0 bridgehead atoms. The lowest BCUT2D eigenvalue weighted by Gasteiger charge is -2.29. The van der Waals surface area contributed by atoms with Gasteiger partial charge in [-0.3, -0.25) is 9.59 Å². The first-order chi connectivity index (χ1) is 9.25. The number of nitrogens with one attached hydrogen (secondary N) is 1. The number of rotatable bonds is 1. The van der Waals surface area contributed by atoms with Gasteiger partial charge in [0.2, 0.25) is 0 Å². The van der Waals surface area contributed by atoms with E-state index in [0.29, 0.717) is 6.54 Å². The van der Waals surface area contributed by atoms with Crippen molar-refractivity contribution in [2.24, 2.45) is 0 Å². The molecule has 2 aromatic rings. The molecule has 1 amide bonds. The summed E-state index contributed by atoms with van der Waals surface area (Å²) in [6.07, 6.45) is 3.15. The molecule has 1 N–H and O–H groups in total. The Morgan fingerprint density at radius 3 is 3.00 bits per heavy atom. The fraction of sp³-hybridized carbons (Fsp3) is 0.214. The molecule has 0 saturated heterocycles. The number of hydrogen-bond acceptors (Lipinski definition) is 3. The van der Waals surface area contributed by atoms with Gasteiger partial charge in [0.05, 0.1) is 6.33 Å². The molecule has 1 aromatic heterocycles. The van der Waals surface area contributed by atoms with Gasteiger partial charge in [0, 0.05) is 18.3 Å². The average Bonchev–Trinajstić information content (AvgIpc) is 2.46. The quantitative estimate of drug-likeness (QED) is 0.836. The number of benzene rings is 1. The summed E-state index contributed by atoms with van der Waals surface area (Å²) in [4.78, 5) is 31.7. The lowest BCUT2D eigenvalue weighted by atomic mass is 10.0. The van der Waals surface area contributed by atoms with Crippen LogP contribution in [0.5, 0.6) is 0 Å². The van der Waals surface area contributed by atoms with Gasteiger partial charge in [0.15, 0.2) is 0 Å². The van der Waals surface area contributed by atoms with E-state index in [1.54, 1.807) is 4.90 Å². The van der Waals surface area contributed by atoms with Gasteiger partial charge in [-0.25, -0.2) is 4.98 Å². The molecule has 5 heteroatoms. The smallest absolute Gasteiger partial charge is 0.277 e. The molecule has 0 spiro atoms. The number of aryl methyl sites for hydroxylation is 1. The monoisotopic (exact) mass is 255 g/mol. The van der Waals surface area contributed by atoms with Crippen LogP contribution in [0, 0.1) is 0 Å². The molecule has 1 aromatic carbocycles. The standard InChI is InChI=1S/C14H13N3O2/c18-13-8-11(15-9-16-13)14(19)17-7-3-5-10-4-1-2-6-12(10)17/h1-2,4,6,8-9H,3,5,7H2,(H,15,16,18). The van der Waals surface area contributed by atoms with Crippen molar-refractivity contribution < 1.29 is 4.79 Å². The predicted octanol–water partition coefficient (Wildman–Crippen LogP) is 1.36. The van der Waals surface area contributed by atoms with Gasteiger partial charge in [-0.05, 0) is 24.5 Å². The van der Waals surface area contributed by atoms with Gasteiger partial charge in [-0.15, -0.1) is 0 Å². The molecule has 3 rings (SSSR count). The van der Waals surface area contributed by atoms with E-state index in [0.717, 1.165) is 24.1 Å². The Hall–Kier alpha value is -2.43. The molecule has 0 saturated carbocycles. The lowest BCUT2D eigenvalue weighted by molar-refractivity contribution is 0.0980. The third-order valence-electron chi connectivity index (χ3n) is 3.25. The zero-order chi connectivity index (χ0) is 13.2. The SMILES string of the molecule is O=C(c1cc(=O)[nH]cn1)N1CCCc2ccccc21. The molecule has 0 aliphatic carbocycles. The molecule has 96 valence electrons. The summed E-state index contributed by atoms with van der Waals surface area (Å²) in [6.45, 7) is 0.657. The van der Waals surface area contributed by atoms with E-state index in [2.05, 4.69) is 9.97 Å². The van der Waals surface area contributed by atoms with Crippen LogP contribution in [0.25, 0.3) is 0 Å². The van der Waals surface area contributed by atoms with Crippen LogP contribution >= 0.6 is 0 Å². The second kappa shape index (κ2) is 4.68. The topological polar surface area (TPSA) is 66.1 Å². The fourth-order valence-corrected chi connectivity index (χ4v) is 2.37. The van der Waals surface area contributed by atoms with Crippen molar-refractivity contribution in [1.29, 1.82) is 0 Å². The first-order valence-corrected chi connectivity index (χ1v) is 6.20. The maximum atomic E-state index is 12.4. The Labute approximate surface area is 109 Å². The average molecular weight is 255 g/mol. The number of para-hydroxylation sites is 1. The number of amides is 1. The highest BCUT2D eigenvalue weighted by molar-refractivity contribution is 6.05. The zero-order valence-electron chi connectivity index (χ0n) is 10.3. The van der Waals surface area contributed by atoms with Gasteiger partial charge >= 0.3 is 0 Å². The first-order valence-electron chi connectivity index (χ1n) is 6.20. The molecule has 0 unspecified atom stereocenters. The second-order valence-corrected chi connectivity index (χ2v) is 4.49. The maximum Gasteiger partial charge on any atom is 0.277 e. The van der Waals surface area contributed by atoms with Crippen LogP contribution in [0.2, 0.25) is 0 Å². The number of H-pyrrole nitrogens is 1. The van der Waals surface area contributed by atoms with E-state index in [-0.39, 0.29) is 17.2 Å². The van der Waals surface area contributed by atoms with Crippen LogP contribution in [-0.2, 0) is 6.42 Å². The van der Waals surface area contributed by atoms with Gasteiger partial charge in [-0.1, -0.05) is 18.2 Å². The van der Waals surface area contributed by atoms with Crippen LogP contribution in [0.3, 0.4) is 0 Å². The summed E-state index contributed by atoms with van der Waals surface area (Å²) in [7, 11) is 0. The number of hydrogen-bond donors (Lipinski definition) is 1.